The van der Waals surface area contributed by atoms with Crippen molar-refractivity contribution in [1.29, 1.82) is 0 Å². The van der Waals surface area contributed by atoms with Crippen molar-refractivity contribution in [3.63, 3.8) is 0 Å². The molecular formula is C14H16N2O2. The molecule has 1 aromatic rings. The van der Waals surface area contributed by atoms with Crippen LogP contribution in [-0.2, 0) is 9.59 Å². The van der Waals surface area contributed by atoms with Crippen LogP contribution in [0, 0.1) is 0 Å². The fourth-order valence-corrected chi connectivity index (χ4v) is 2.72. The predicted octanol–water partition coefficient (Wildman–Crippen LogP) is 1.59. The van der Waals surface area contributed by atoms with E-state index in [2.05, 4.69) is 16.7 Å². The lowest BCUT2D eigenvalue weighted by molar-refractivity contribution is -0.120. The standard InChI is InChI=1S/C14H16N2O2/c17-13-6-4-11(15-13)9-2-1-3-10(8-9)12-5-7-14(18)16-12/h1-3,8,11-12H,4-7H2,(H,15,17)(H,16,18)/t11-,12-/m0/s1. The van der Waals surface area contributed by atoms with Crippen molar-refractivity contribution >= 4 is 11.8 Å². The van der Waals surface area contributed by atoms with E-state index in [1.54, 1.807) is 0 Å². The van der Waals surface area contributed by atoms with Gasteiger partial charge in [0.05, 0.1) is 12.1 Å². The number of carbonyl (C=O) groups excluding carboxylic acids is 2. The molecule has 0 radical (unpaired) electrons. The summed E-state index contributed by atoms with van der Waals surface area (Å²) in [7, 11) is 0. The first-order chi connectivity index (χ1) is 8.72. The maximum Gasteiger partial charge on any atom is 0.220 e. The summed E-state index contributed by atoms with van der Waals surface area (Å²) in [4.78, 5) is 22.5. The molecule has 2 aliphatic heterocycles. The number of amides is 2. The molecule has 2 saturated heterocycles. The molecule has 3 rings (SSSR count). The third kappa shape index (κ3) is 2.10. The minimum absolute atomic E-state index is 0.125. The van der Waals surface area contributed by atoms with Gasteiger partial charge in [0.2, 0.25) is 11.8 Å². The molecule has 2 amide bonds. The molecule has 0 saturated carbocycles. The van der Waals surface area contributed by atoms with Gasteiger partial charge >= 0.3 is 0 Å². The first-order valence-electron chi connectivity index (χ1n) is 6.41. The fourth-order valence-electron chi connectivity index (χ4n) is 2.72. The summed E-state index contributed by atoms with van der Waals surface area (Å²) in [6.07, 6.45) is 2.93. The Morgan fingerprint density at radius 1 is 0.889 bits per heavy atom. The Kier molecular flexibility index (Phi) is 2.78. The molecule has 2 fully saturated rings. The van der Waals surface area contributed by atoms with Crippen molar-refractivity contribution in [2.24, 2.45) is 0 Å². The smallest absolute Gasteiger partial charge is 0.220 e. The van der Waals surface area contributed by atoms with Crippen LogP contribution in [0.15, 0.2) is 24.3 Å². The molecule has 2 aliphatic rings. The quantitative estimate of drug-likeness (QED) is 0.830. The van der Waals surface area contributed by atoms with Crippen LogP contribution in [0.3, 0.4) is 0 Å². The Balaban J connectivity index is 1.80. The van der Waals surface area contributed by atoms with Crippen molar-refractivity contribution in [3.8, 4) is 0 Å². The van der Waals surface area contributed by atoms with Gasteiger partial charge in [0.1, 0.15) is 0 Å². The van der Waals surface area contributed by atoms with E-state index in [-0.39, 0.29) is 23.9 Å². The van der Waals surface area contributed by atoms with Crippen molar-refractivity contribution in [1.82, 2.24) is 10.6 Å². The van der Waals surface area contributed by atoms with Crippen LogP contribution in [0.1, 0.15) is 48.9 Å². The lowest BCUT2D eigenvalue weighted by atomic mass is 9.98. The van der Waals surface area contributed by atoms with E-state index in [0.717, 1.165) is 24.0 Å². The highest BCUT2D eigenvalue weighted by Gasteiger charge is 2.25. The van der Waals surface area contributed by atoms with Gasteiger partial charge in [-0.25, -0.2) is 0 Å². The summed E-state index contributed by atoms with van der Waals surface area (Å²) >= 11 is 0. The molecule has 2 heterocycles. The van der Waals surface area contributed by atoms with E-state index in [4.69, 9.17) is 0 Å². The SMILES string of the molecule is O=C1CC[C@@H](c2cccc([C@@H]3CCC(=O)N3)c2)N1. The Bertz CT molecular complexity index is 457. The second-order valence-electron chi connectivity index (χ2n) is 4.99. The lowest BCUT2D eigenvalue weighted by Crippen LogP contribution is -2.20. The Hall–Kier alpha value is -1.84. The Morgan fingerprint density at radius 2 is 1.39 bits per heavy atom. The second kappa shape index (κ2) is 4.44. The minimum Gasteiger partial charge on any atom is -0.349 e. The number of benzene rings is 1. The largest absolute Gasteiger partial charge is 0.349 e. The number of nitrogens with one attached hydrogen (secondary N) is 2. The molecular weight excluding hydrogens is 228 g/mol. The number of hydrogen-bond donors (Lipinski definition) is 2. The van der Waals surface area contributed by atoms with Gasteiger partial charge in [-0.1, -0.05) is 24.3 Å². The van der Waals surface area contributed by atoms with Crippen LogP contribution in [0.4, 0.5) is 0 Å². The zero-order valence-electron chi connectivity index (χ0n) is 10.1. The van der Waals surface area contributed by atoms with Crippen LogP contribution in [0.5, 0.6) is 0 Å². The van der Waals surface area contributed by atoms with Crippen LogP contribution >= 0.6 is 0 Å². The molecule has 0 aliphatic carbocycles. The van der Waals surface area contributed by atoms with Crippen molar-refractivity contribution < 1.29 is 9.59 Å². The van der Waals surface area contributed by atoms with Gasteiger partial charge in [-0.05, 0) is 24.0 Å². The van der Waals surface area contributed by atoms with E-state index in [1.165, 1.54) is 0 Å². The summed E-state index contributed by atoms with van der Waals surface area (Å²) in [6.45, 7) is 0. The van der Waals surface area contributed by atoms with E-state index in [9.17, 15) is 9.59 Å². The maximum atomic E-state index is 11.2. The third-order valence-electron chi connectivity index (χ3n) is 3.71. The summed E-state index contributed by atoms with van der Waals surface area (Å²) in [6, 6.07) is 8.45. The highest BCUT2D eigenvalue weighted by molar-refractivity contribution is 5.79. The average molecular weight is 244 g/mol. The monoisotopic (exact) mass is 244 g/mol. The van der Waals surface area contributed by atoms with E-state index >= 15 is 0 Å². The molecule has 4 nitrogen and oxygen atoms in total. The molecule has 94 valence electrons. The highest BCUT2D eigenvalue weighted by Crippen LogP contribution is 2.29. The van der Waals surface area contributed by atoms with E-state index in [0.29, 0.717) is 12.8 Å². The lowest BCUT2D eigenvalue weighted by Gasteiger charge is -2.15. The van der Waals surface area contributed by atoms with Gasteiger partial charge in [0.25, 0.3) is 0 Å². The molecule has 0 aromatic heterocycles. The fraction of sp³-hybridized carbons (Fsp3) is 0.429. The van der Waals surface area contributed by atoms with Gasteiger partial charge in [0, 0.05) is 12.8 Å². The molecule has 2 N–H and O–H groups in total. The van der Waals surface area contributed by atoms with Crippen molar-refractivity contribution in [3.05, 3.63) is 35.4 Å². The van der Waals surface area contributed by atoms with Gasteiger partial charge in [-0.15, -0.1) is 0 Å². The number of carbonyl (C=O) groups is 2. The number of rotatable bonds is 2. The molecule has 0 spiro atoms. The van der Waals surface area contributed by atoms with Crippen LogP contribution in [0.2, 0.25) is 0 Å². The van der Waals surface area contributed by atoms with Crippen LogP contribution in [-0.4, -0.2) is 11.8 Å². The van der Waals surface area contributed by atoms with Crippen molar-refractivity contribution in [2.45, 2.75) is 37.8 Å². The highest BCUT2D eigenvalue weighted by atomic mass is 16.2. The normalized spacial score (nSPS) is 27.1. The van der Waals surface area contributed by atoms with Gasteiger partial charge in [0.15, 0.2) is 0 Å². The Morgan fingerprint density at radius 3 is 1.78 bits per heavy atom. The first-order valence-corrected chi connectivity index (χ1v) is 6.41. The van der Waals surface area contributed by atoms with Gasteiger partial charge in [-0.2, -0.15) is 0 Å². The summed E-state index contributed by atoms with van der Waals surface area (Å²) in [5.74, 6) is 0.249. The van der Waals surface area contributed by atoms with Crippen molar-refractivity contribution in [2.75, 3.05) is 0 Å². The minimum atomic E-state index is 0.125. The second-order valence-corrected chi connectivity index (χ2v) is 4.99. The molecule has 18 heavy (non-hydrogen) atoms. The Labute approximate surface area is 106 Å². The van der Waals surface area contributed by atoms with Crippen LogP contribution < -0.4 is 10.6 Å². The van der Waals surface area contributed by atoms with Gasteiger partial charge < -0.3 is 10.6 Å². The molecule has 1 aromatic carbocycles. The van der Waals surface area contributed by atoms with Crippen LogP contribution in [0.25, 0.3) is 0 Å². The summed E-state index contributed by atoms with van der Waals surface area (Å²) in [5, 5.41) is 5.94. The number of hydrogen-bond acceptors (Lipinski definition) is 2. The molecule has 0 unspecified atom stereocenters. The molecule has 2 atom stereocenters. The topological polar surface area (TPSA) is 58.2 Å². The third-order valence-corrected chi connectivity index (χ3v) is 3.71. The summed E-state index contributed by atoms with van der Waals surface area (Å²) in [5.41, 5.74) is 2.28. The zero-order valence-corrected chi connectivity index (χ0v) is 10.1. The summed E-state index contributed by atoms with van der Waals surface area (Å²) < 4.78 is 0. The average Bonchev–Trinajstić information content (AvgIpc) is 2.98. The van der Waals surface area contributed by atoms with E-state index < -0.39 is 0 Å². The molecule has 4 heteroatoms. The zero-order chi connectivity index (χ0) is 12.5. The molecule has 0 bridgehead atoms. The maximum absolute atomic E-state index is 11.2. The predicted molar refractivity (Wildman–Crippen MR) is 66.7 cm³/mol. The van der Waals surface area contributed by atoms with E-state index in [1.807, 2.05) is 18.2 Å². The van der Waals surface area contributed by atoms with Gasteiger partial charge in [-0.3, -0.25) is 9.59 Å². The first kappa shape index (κ1) is 11.3.